The van der Waals surface area contributed by atoms with Gasteiger partial charge < -0.3 is 4.90 Å². The molecule has 1 aliphatic heterocycles. The average Bonchev–Trinajstić information content (AvgIpc) is 3.00. The van der Waals surface area contributed by atoms with Crippen molar-refractivity contribution in [3.05, 3.63) is 34.9 Å². The van der Waals surface area contributed by atoms with Crippen molar-refractivity contribution in [1.82, 2.24) is 4.90 Å². The third-order valence-corrected chi connectivity index (χ3v) is 9.31. The fraction of sp³-hybridized carbons (Fsp3) is 0.640. The maximum atomic E-state index is 13.5. The lowest BCUT2D eigenvalue weighted by atomic mass is 9.47. The molecule has 30 heavy (non-hydrogen) atoms. The molecule has 1 unspecified atom stereocenters. The summed E-state index contributed by atoms with van der Waals surface area (Å²) in [6.45, 7) is 4.85. The van der Waals surface area contributed by atoms with Crippen LogP contribution in [0.1, 0.15) is 64.4 Å². The molecule has 1 heterocycles. The number of Topliss-reactive ketones (excluding diaryl/α,β-unsaturated/α-hetero) is 2. The maximum Gasteiger partial charge on any atom is 0.223 e. The van der Waals surface area contributed by atoms with Crippen LogP contribution in [0.5, 0.6) is 0 Å². The molecule has 4 nitrogen and oxygen atoms in total. The highest BCUT2D eigenvalue weighted by atomic mass is 35.5. The van der Waals surface area contributed by atoms with Gasteiger partial charge in [-0.3, -0.25) is 14.4 Å². The molecule has 1 saturated heterocycles. The lowest BCUT2D eigenvalue weighted by Gasteiger charge is -2.60. The fourth-order valence-corrected chi connectivity index (χ4v) is 7.71. The van der Waals surface area contributed by atoms with E-state index in [4.69, 9.17) is 11.6 Å². The molecule has 1 aromatic rings. The molecule has 3 aliphatic carbocycles. The molecule has 1 amide bonds. The number of hydrogen-bond donors (Lipinski definition) is 0. The third kappa shape index (κ3) is 2.82. The quantitative estimate of drug-likeness (QED) is 0.679. The summed E-state index contributed by atoms with van der Waals surface area (Å²) in [6.07, 6.45) is 5.08. The van der Waals surface area contributed by atoms with Crippen LogP contribution < -0.4 is 0 Å². The van der Waals surface area contributed by atoms with Gasteiger partial charge in [-0.2, -0.15) is 0 Å². The number of amides is 1. The average molecular weight is 428 g/mol. The Morgan fingerprint density at radius 2 is 1.77 bits per heavy atom. The Morgan fingerprint density at radius 3 is 2.50 bits per heavy atom. The molecule has 0 aromatic heterocycles. The molecule has 0 radical (unpaired) electrons. The normalized spacial score (nSPS) is 40.8. The second-order valence-electron chi connectivity index (χ2n) is 10.5. The van der Waals surface area contributed by atoms with Gasteiger partial charge in [0.1, 0.15) is 11.6 Å². The van der Waals surface area contributed by atoms with Gasteiger partial charge in [0.2, 0.25) is 5.91 Å². The van der Waals surface area contributed by atoms with Crippen molar-refractivity contribution in [2.75, 3.05) is 0 Å². The van der Waals surface area contributed by atoms with E-state index in [1.165, 1.54) is 0 Å². The summed E-state index contributed by atoms with van der Waals surface area (Å²) in [5, 5.41) is 0.691. The molecule has 5 heteroatoms. The van der Waals surface area contributed by atoms with Gasteiger partial charge in [-0.05, 0) is 60.6 Å². The van der Waals surface area contributed by atoms with Crippen molar-refractivity contribution in [2.24, 2.45) is 28.6 Å². The van der Waals surface area contributed by atoms with Gasteiger partial charge in [-0.15, -0.1) is 0 Å². The maximum absolute atomic E-state index is 13.5. The molecule has 4 aliphatic rings. The van der Waals surface area contributed by atoms with Crippen molar-refractivity contribution in [1.29, 1.82) is 0 Å². The molecule has 3 saturated carbocycles. The number of ketones is 2. The van der Waals surface area contributed by atoms with Crippen LogP contribution in [0.2, 0.25) is 5.02 Å². The lowest BCUT2D eigenvalue weighted by Crippen LogP contribution is -2.64. The summed E-state index contributed by atoms with van der Waals surface area (Å²) in [4.78, 5) is 41.1. The van der Waals surface area contributed by atoms with Crippen LogP contribution in [0.3, 0.4) is 0 Å². The fourth-order valence-electron chi connectivity index (χ4n) is 7.58. The van der Waals surface area contributed by atoms with Gasteiger partial charge in [0.05, 0.1) is 0 Å². The van der Waals surface area contributed by atoms with Crippen LogP contribution in [-0.4, -0.2) is 28.4 Å². The molecule has 0 N–H and O–H groups in total. The Kier molecular flexibility index (Phi) is 4.66. The van der Waals surface area contributed by atoms with Crippen LogP contribution in [0.4, 0.5) is 0 Å². The highest BCUT2D eigenvalue weighted by Crippen LogP contribution is 2.62. The Morgan fingerprint density at radius 1 is 1.03 bits per heavy atom. The molecular formula is C25H30ClNO3. The Hall–Kier alpha value is -1.68. The summed E-state index contributed by atoms with van der Waals surface area (Å²) in [5.41, 5.74) is 0.422. The van der Waals surface area contributed by atoms with Crippen molar-refractivity contribution >= 4 is 29.1 Å². The number of carbonyl (C=O) groups excluding carboxylic acids is 3. The highest BCUT2D eigenvalue weighted by molar-refractivity contribution is 6.30. The number of likely N-dealkylation sites (tertiary alicyclic amines) is 1. The van der Waals surface area contributed by atoms with Gasteiger partial charge in [0.25, 0.3) is 0 Å². The predicted molar refractivity (Wildman–Crippen MR) is 115 cm³/mol. The number of piperidine rings is 1. The van der Waals surface area contributed by atoms with Gasteiger partial charge in [-0.1, -0.05) is 37.6 Å². The zero-order chi connectivity index (χ0) is 21.3. The van der Waals surface area contributed by atoms with E-state index in [2.05, 4.69) is 6.92 Å². The standard InChI is InChI=1S/C25H30ClNO3/c1-24-12-11-22(30)27(14-15-3-5-16(26)6-4-15)20(24)9-7-17-18-8-10-21(29)25(18,2)13-19(28)23(17)24/h3-6,17-18,20,23H,7-14H2,1-2H3/t17-,18-,20?,23+,24-,25-/m0/s1. The lowest BCUT2D eigenvalue weighted by molar-refractivity contribution is -0.171. The number of nitrogens with zero attached hydrogens (tertiary/aromatic N) is 1. The Bertz CT molecular complexity index is 911. The van der Waals surface area contributed by atoms with E-state index in [9.17, 15) is 14.4 Å². The van der Waals surface area contributed by atoms with Gasteiger partial charge in [-0.25, -0.2) is 0 Å². The van der Waals surface area contributed by atoms with E-state index in [0.717, 1.165) is 31.2 Å². The smallest absolute Gasteiger partial charge is 0.223 e. The first-order valence-electron chi connectivity index (χ1n) is 11.3. The summed E-state index contributed by atoms with van der Waals surface area (Å²) < 4.78 is 0. The number of fused-ring (bicyclic) bond motifs is 5. The zero-order valence-corrected chi connectivity index (χ0v) is 18.6. The number of halogens is 1. The van der Waals surface area contributed by atoms with Crippen LogP contribution in [0.15, 0.2) is 24.3 Å². The largest absolute Gasteiger partial charge is 0.335 e. The molecule has 4 fully saturated rings. The second kappa shape index (κ2) is 6.91. The Labute approximate surface area is 183 Å². The van der Waals surface area contributed by atoms with E-state index in [1.807, 2.05) is 36.1 Å². The molecule has 5 rings (SSSR count). The van der Waals surface area contributed by atoms with E-state index < -0.39 is 5.41 Å². The van der Waals surface area contributed by atoms with E-state index >= 15 is 0 Å². The van der Waals surface area contributed by atoms with E-state index in [-0.39, 0.29) is 40.8 Å². The predicted octanol–water partition coefficient (Wildman–Crippen LogP) is 4.82. The molecule has 0 bridgehead atoms. The Balaban J connectivity index is 1.47. The first-order chi connectivity index (χ1) is 14.2. The van der Waals surface area contributed by atoms with Crippen LogP contribution in [-0.2, 0) is 20.9 Å². The van der Waals surface area contributed by atoms with Gasteiger partial charge in [0, 0.05) is 48.2 Å². The number of benzene rings is 1. The minimum Gasteiger partial charge on any atom is -0.335 e. The number of carbonyl (C=O) groups is 3. The monoisotopic (exact) mass is 427 g/mol. The summed E-state index contributed by atoms with van der Waals surface area (Å²) >= 11 is 6.03. The third-order valence-electron chi connectivity index (χ3n) is 9.06. The van der Waals surface area contributed by atoms with Crippen molar-refractivity contribution in [3.8, 4) is 0 Å². The topological polar surface area (TPSA) is 54.5 Å². The van der Waals surface area contributed by atoms with Gasteiger partial charge in [0.15, 0.2) is 0 Å². The molecule has 0 spiro atoms. The van der Waals surface area contributed by atoms with Crippen LogP contribution in [0.25, 0.3) is 0 Å². The van der Waals surface area contributed by atoms with Crippen LogP contribution >= 0.6 is 11.6 Å². The number of rotatable bonds is 2. The first-order valence-corrected chi connectivity index (χ1v) is 11.7. The SMILES string of the molecule is C[C@]12CCC(=O)N(Cc3ccc(Cl)cc3)C1CC[C@@H]1[C@@H]2C(=O)C[C@]2(C)C(=O)CC[C@@H]12. The molecule has 1 aromatic carbocycles. The van der Waals surface area contributed by atoms with Crippen LogP contribution in [0, 0.1) is 28.6 Å². The molecule has 6 atom stereocenters. The minimum atomic E-state index is -0.449. The molecule has 160 valence electrons. The van der Waals surface area contributed by atoms with Crippen molar-refractivity contribution < 1.29 is 14.4 Å². The van der Waals surface area contributed by atoms with E-state index in [1.54, 1.807) is 0 Å². The highest BCUT2D eigenvalue weighted by Gasteiger charge is 2.64. The molecular weight excluding hydrogens is 398 g/mol. The van der Waals surface area contributed by atoms with Gasteiger partial charge >= 0.3 is 0 Å². The minimum absolute atomic E-state index is 0.0268. The summed E-state index contributed by atoms with van der Waals surface area (Å²) in [7, 11) is 0. The van der Waals surface area contributed by atoms with E-state index in [0.29, 0.717) is 36.7 Å². The second-order valence-corrected chi connectivity index (χ2v) is 11.0. The van der Waals surface area contributed by atoms with Crippen molar-refractivity contribution in [3.63, 3.8) is 0 Å². The number of hydrogen-bond acceptors (Lipinski definition) is 3. The first kappa shape index (κ1) is 20.2. The summed E-state index contributed by atoms with van der Waals surface area (Å²) in [6, 6.07) is 7.78. The van der Waals surface area contributed by atoms with Crippen molar-refractivity contribution in [2.45, 2.75) is 71.4 Å². The summed E-state index contributed by atoms with van der Waals surface area (Å²) in [5.74, 6) is 1.33. The zero-order valence-electron chi connectivity index (χ0n) is 17.8.